The van der Waals surface area contributed by atoms with Crippen LogP contribution in [-0.2, 0) is 0 Å². The molecule has 2 aromatic carbocycles. The summed E-state index contributed by atoms with van der Waals surface area (Å²) in [6.07, 6.45) is 1.50. The predicted octanol–water partition coefficient (Wildman–Crippen LogP) is 4.90. The molecule has 0 aliphatic rings. The van der Waals surface area contributed by atoms with E-state index in [1.165, 1.54) is 6.26 Å². The van der Waals surface area contributed by atoms with Crippen LogP contribution in [0.25, 0.3) is 22.8 Å². The van der Waals surface area contributed by atoms with Crippen molar-refractivity contribution in [2.45, 2.75) is 0 Å². The van der Waals surface area contributed by atoms with E-state index < -0.39 is 0 Å². The second kappa shape index (κ2) is 6.85. The quantitative estimate of drug-likeness (QED) is 0.556. The molecule has 1 N–H and O–H groups in total. The minimum atomic E-state index is -0.351. The molecule has 0 bridgehead atoms. The standard InChI is InChI=1S/C19H12ClN3O3/c20-15-8-6-12(7-9-15)13-3-1-4-14(11-13)17(24)21-19-23-22-18(26-19)16-5-2-10-25-16/h1-11H,(H,21,23,24). The predicted molar refractivity (Wildman–Crippen MR) is 96.8 cm³/mol. The third-order valence-electron chi connectivity index (χ3n) is 3.68. The number of carbonyl (C=O) groups is 1. The Kier molecular flexibility index (Phi) is 4.25. The van der Waals surface area contributed by atoms with Gasteiger partial charge in [-0.3, -0.25) is 10.1 Å². The highest BCUT2D eigenvalue weighted by Crippen LogP contribution is 2.23. The average molecular weight is 366 g/mol. The van der Waals surface area contributed by atoms with Gasteiger partial charge in [0.2, 0.25) is 0 Å². The van der Waals surface area contributed by atoms with Crippen molar-refractivity contribution in [1.82, 2.24) is 10.2 Å². The lowest BCUT2D eigenvalue weighted by Gasteiger charge is -2.05. The number of benzene rings is 2. The molecule has 4 rings (SSSR count). The molecule has 6 nitrogen and oxygen atoms in total. The van der Waals surface area contributed by atoms with Gasteiger partial charge < -0.3 is 8.83 Å². The monoisotopic (exact) mass is 365 g/mol. The molecule has 0 aliphatic carbocycles. The molecule has 2 heterocycles. The minimum absolute atomic E-state index is 0.00158. The zero-order valence-electron chi connectivity index (χ0n) is 13.3. The Morgan fingerprint density at radius 2 is 1.81 bits per heavy atom. The number of nitrogens with one attached hydrogen (secondary N) is 1. The Morgan fingerprint density at radius 3 is 2.58 bits per heavy atom. The van der Waals surface area contributed by atoms with E-state index in [1.54, 1.807) is 42.5 Å². The fourth-order valence-electron chi connectivity index (χ4n) is 2.43. The van der Waals surface area contributed by atoms with Gasteiger partial charge in [-0.25, -0.2) is 0 Å². The summed E-state index contributed by atoms with van der Waals surface area (Å²) in [5, 5.41) is 10.9. The summed E-state index contributed by atoms with van der Waals surface area (Å²) in [7, 11) is 0. The van der Waals surface area contributed by atoms with E-state index in [4.69, 9.17) is 20.4 Å². The van der Waals surface area contributed by atoms with E-state index in [1.807, 2.05) is 18.2 Å². The summed E-state index contributed by atoms with van der Waals surface area (Å²) in [5.74, 6) is 0.276. The maximum atomic E-state index is 12.5. The molecule has 7 heteroatoms. The van der Waals surface area contributed by atoms with Crippen molar-refractivity contribution in [3.63, 3.8) is 0 Å². The molecular formula is C19H12ClN3O3. The number of halogens is 1. The van der Waals surface area contributed by atoms with Gasteiger partial charge in [0, 0.05) is 10.6 Å². The van der Waals surface area contributed by atoms with Gasteiger partial charge >= 0.3 is 6.01 Å². The molecule has 0 atom stereocenters. The first-order valence-corrected chi connectivity index (χ1v) is 8.11. The summed E-state index contributed by atoms with van der Waals surface area (Å²) in [4.78, 5) is 12.5. The largest absolute Gasteiger partial charge is 0.459 e. The van der Waals surface area contributed by atoms with Crippen molar-refractivity contribution in [1.29, 1.82) is 0 Å². The Balaban J connectivity index is 1.53. The second-order valence-electron chi connectivity index (χ2n) is 5.43. The Labute approximate surface area is 153 Å². The molecule has 0 fully saturated rings. The van der Waals surface area contributed by atoms with Crippen molar-refractivity contribution in [3.8, 4) is 22.8 Å². The van der Waals surface area contributed by atoms with E-state index >= 15 is 0 Å². The third kappa shape index (κ3) is 3.36. The molecular weight excluding hydrogens is 354 g/mol. The number of amides is 1. The molecule has 2 aromatic heterocycles. The summed E-state index contributed by atoms with van der Waals surface area (Å²) < 4.78 is 10.6. The zero-order chi connectivity index (χ0) is 17.9. The molecule has 0 radical (unpaired) electrons. The van der Waals surface area contributed by atoms with Crippen molar-refractivity contribution in [3.05, 3.63) is 77.5 Å². The highest BCUT2D eigenvalue weighted by molar-refractivity contribution is 6.30. The lowest BCUT2D eigenvalue weighted by atomic mass is 10.0. The first-order valence-electron chi connectivity index (χ1n) is 7.74. The van der Waals surface area contributed by atoms with E-state index in [0.717, 1.165) is 11.1 Å². The van der Waals surface area contributed by atoms with Gasteiger partial charge in [-0.1, -0.05) is 41.0 Å². The van der Waals surface area contributed by atoms with E-state index in [9.17, 15) is 4.79 Å². The molecule has 0 spiro atoms. The number of carbonyl (C=O) groups excluding carboxylic acids is 1. The van der Waals surface area contributed by atoms with Crippen LogP contribution < -0.4 is 5.32 Å². The van der Waals surface area contributed by atoms with E-state index in [-0.39, 0.29) is 17.8 Å². The number of hydrogen-bond donors (Lipinski definition) is 1. The lowest BCUT2D eigenvalue weighted by molar-refractivity contribution is 0.102. The number of rotatable bonds is 4. The van der Waals surface area contributed by atoms with Gasteiger partial charge in [0.05, 0.1) is 6.26 Å². The Morgan fingerprint density at radius 1 is 0.962 bits per heavy atom. The van der Waals surface area contributed by atoms with Gasteiger partial charge in [-0.05, 0) is 47.5 Å². The van der Waals surface area contributed by atoms with E-state index in [0.29, 0.717) is 16.3 Å². The summed E-state index contributed by atoms with van der Waals surface area (Å²) in [6, 6.07) is 18.0. The highest BCUT2D eigenvalue weighted by Gasteiger charge is 2.14. The SMILES string of the molecule is O=C(Nc1nnc(-c2ccco2)o1)c1cccc(-c2ccc(Cl)cc2)c1. The van der Waals surface area contributed by atoms with Crippen LogP contribution in [-0.4, -0.2) is 16.1 Å². The Bertz CT molecular complexity index is 1040. The van der Waals surface area contributed by atoms with Crippen LogP contribution in [0.3, 0.4) is 0 Å². The first-order chi connectivity index (χ1) is 12.7. The fraction of sp³-hybridized carbons (Fsp3) is 0. The molecule has 0 aliphatic heterocycles. The van der Waals surface area contributed by atoms with Crippen molar-refractivity contribution in [2.24, 2.45) is 0 Å². The zero-order valence-corrected chi connectivity index (χ0v) is 14.1. The number of nitrogens with zero attached hydrogens (tertiary/aromatic N) is 2. The fourth-order valence-corrected chi connectivity index (χ4v) is 2.55. The summed E-state index contributed by atoms with van der Waals surface area (Å²) in [5.41, 5.74) is 2.33. The van der Waals surface area contributed by atoms with Crippen molar-refractivity contribution < 1.29 is 13.6 Å². The van der Waals surface area contributed by atoms with Gasteiger partial charge in [-0.2, -0.15) is 0 Å². The van der Waals surface area contributed by atoms with Crippen LogP contribution in [0.2, 0.25) is 5.02 Å². The third-order valence-corrected chi connectivity index (χ3v) is 3.93. The van der Waals surface area contributed by atoms with Crippen LogP contribution in [0.5, 0.6) is 0 Å². The van der Waals surface area contributed by atoms with Crippen LogP contribution in [0.15, 0.2) is 75.8 Å². The summed E-state index contributed by atoms with van der Waals surface area (Å²) >= 11 is 5.92. The molecule has 4 aromatic rings. The number of furan rings is 1. The Hall–Kier alpha value is -3.38. The first kappa shape index (κ1) is 16.1. The molecule has 0 unspecified atom stereocenters. The van der Waals surface area contributed by atoms with Crippen LogP contribution in [0, 0.1) is 0 Å². The van der Waals surface area contributed by atoms with Gasteiger partial charge in [0.25, 0.3) is 11.8 Å². The maximum absolute atomic E-state index is 12.5. The molecule has 0 saturated heterocycles. The molecule has 26 heavy (non-hydrogen) atoms. The van der Waals surface area contributed by atoms with Crippen molar-refractivity contribution in [2.75, 3.05) is 5.32 Å². The smallest absolute Gasteiger partial charge is 0.322 e. The van der Waals surface area contributed by atoms with Crippen LogP contribution in [0.4, 0.5) is 6.01 Å². The van der Waals surface area contributed by atoms with Crippen molar-refractivity contribution >= 4 is 23.5 Å². The molecule has 0 saturated carbocycles. The number of hydrogen-bond acceptors (Lipinski definition) is 5. The topological polar surface area (TPSA) is 81.2 Å². The average Bonchev–Trinajstić information content (AvgIpc) is 3.34. The minimum Gasteiger partial charge on any atom is -0.459 e. The maximum Gasteiger partial charge on any atom is 0.322 e. The van der Waals surface area contributed by atoms with Gasteiger partial charge in [-0.15, -0.1) is 5.10 Å². The van der Waals surface area contributed by atoms with Gasteiger partial charge in [0.15, 0.2) is 5.76 Å². The highest BCUT2D eigenvalue weighted by atomic mass is 35.5. The summed E-state index contributed by atoms with van der Waals surface area (Å²) in [6.45, 7) is 0. The molecule has 1 amide bonds. The normalized spacial score (nSPS) is 10.7. The van der Waals surface area contributed by atoms with E-state index in [2.05, 4.69) is 15.5 Å². The van der Waals surface area contributed by atoms with Gasteiger partial charge in [0.1, 0.15) is 0 Å². The second-order valence-corrected chi connectivity index (χ2v) is 5.87. The van der Waals surface area contributed by atoms with Crippen LogP contribution >= 0.6 is 11.6 Å². The number of aromatic nitrogens is 2. The molecule has 128 valence electrons. The number of anilines is 1. The van der Waals surface area contributed by atoms with Crippen LogP contribution in [0.1, 0.15) is 10.4 Å². The lowest BCUT2D eigenvalue weighted by Crippen LogP contribution is -2.12.